The number of aromatic hydroxyl groups is 1. The zero-order valence-corrected chi connectivity index (χ0v) is 25.9. The summed E-state index contributed by atoms with van der Waals surface area (Å²) in [6.07, 6.45) is 4.44. The van der Waals surface area contributed by atoms with E-state index >= 15 is 0 Å². The van der Waals surface area contributed by atoms with E-state index < -0.39 is 41.5 Å². The summed E-state index contributed by atoms with van der Waals surface area (Å²) in [6.45, 7) is 6.70. The highest BCUT2D eigenvalue weighted by atomic mass is 79.9. The lowest BCUT2D eigenvalue weighted by Gasteiger charge is -2.34. The van der Waals surface area contributed by atoms with Gasteiger partial charge in [0.1, 0.15) is 40.6 Å². The summed E-state index contributed by atoms with van der Waals surface area (Å²) in [5.74, 6) is -1.34. The monoisotopic (exact) mass is 631 g/mol. The number of halogens is 1. The lowest BCUT2D eigenvalue weighted by molar-refractivity contribution is -0.153. The van der Waals surface area contributed by atoms with E-state index in [2.05, 4.69) is 21.2 Å². The third kappa shape index (κ3) is 8.48. The Morgan fingerprint density at radius 2 is 1.76 bits per heavy atom. The maximum absolute atomic E-state index is 13.4. The van der Waals surface area contributed by atoms with Gasteiger partial charge in [-0.05, 0) is 70.7 Å². The molecule has 1 aliphatic carbocycles. The lowest BCUT2D eigenvalue weighted by atomic mass is 9.79. The first-order valence-corrected chi connectivity index (χ1v) is 14.3. The number of benzene rings is 2. The molecule has 1 amide bonds. The Morgan fingerprint density at radius 3 is 2.39 bits per heavy atom. The van der Waals surface area contributed by atoms with Crippen molar-refractivity contribution in [2.75, 3.05) is 14.2 Å². The molecule has 0 saturated heterocycles. The molecular weight excluding hydrogens is 594 g/mol. The molecule has 10 heteroatoms. The van der Waals surface area contributed by atoms with Crippen LogP contribution in [0.4, 0.5) is 4.79 Å². The number of carbonyl (C=O) groups is 3. The fourth-order valence-electron chi connectivity index (χ4n) is 4.79. The van der Waals surface area contributed by atoms with Gasteiger partial charge in [0.05, 0.1) is 14.2 Å². The van der Waals surface area contributed by atoms with E-state index in [0.29, 0.717) is 24.2 Å². The highest BCUT2D eigenvalue weighted by molar-refractivity contribution is 9.10. The normalized spacial score (nSPS) is 17.9. The minimum Gasteiger partial charge on any atom is -0.507 e. The zero-order chi connectivity index (χ0) is 30.3. The van der Waals surface area contributed by atoms with Crippen LogP contribution < -0.4 is 14.8 Å². The largest absolute Gasteiger partial charge is 0.507 e. The number of amides is 1. The first-order valence-electron chi connectivity index (χ1n) is 13.5. The second kappa shape index (κ2) is 13.9. The Labute approximate surface area is 249 Å². The van der Waals surface area contributed by atoms with Gasteiger partial charge in [-0.25, -0.2) is 9.59 Å². The number of allylic oxidation sites excluding steroid dienone is 1. The molecule has 222 valence electrons. The number of phenolic OH excluding ortho intramolecular Hbond substituents is 1. The molecule has 1 fully saturated rings. The van der Waals surface area contributed by atoms with Gasteiger partial charge in [0.25, 0.3) is 0 Å². The Balaban J connectivity index is 1.92. The van der Waals surface area contributed by atoms with E-state index in [0.717, 1.165) is 22.9 Å². The van der Waals surface area contributed by atoms with Crippen LogP contribution in [0.1, 0.15) is 80.8 Å². The van der Waals surface area contributed by atoms with Crippen LogP contribution in [-0.2, 0) is 14.3 Å². The van der Waals surface area contributed by atoms with Gasteiger partial charge in [0.15, 0.2) is 5.78 Å². The molecule has 0 bridgehead atoms. The summed E-state index contributed by atoms with van der Waals surface area (Å²) in [4.78, 5) is 38.5. The minimum absolute atomic E-state index is 0.00911. The van der Waals surface area contributed by atoms with Crippen LogP contribution in [-0.4, -0.2) is 54.9 Å². The van der Waals surface area contributed by atoms with E-state index in [4.69, 9.17) is 18.9 Å². The average Bonchev–Trinajstić information content (AvgIpc) is 2.90. The summed E-state index contributed by atoms with van der Waals surface area (Å²) in [6, 6.07) is 8.05. The van der Waals surface area contributed by atoms with E-state index in [1.54, 1.807) is 32.9 Å². The van der Waals surface area contributed by atoms with Crippen molar-refractivity contribution in [2.45, 2.75) is 77.0 Å². The number of ether oxygens (including phenoxy) is 4. The number of rotatable bonds is 9. The fraction of sp³-hybridized carbons (Fsp3) is 0.452. The average molecular weight is 633 g/mol. The van der Waals surface area contributed by atoms with Crippen LogP contribution >= 0.6 is 15.9 Å². The molecule has 0 radical (unpaired) electrons. The Bertz CT molecular complexity index is 1300. The van der Waals surface area contributed by atoms with Gasteiger partial charge in [0, 0.05) is 22.0 Å². The molecule has 0 aromatic heterocycles. The van der Waals surface area contributed by atoms with Crippen LogP contribution in [0.25, 0.3) is 6.08 Å². The highest BCUT2D eigenvalue weighted by Crippen LogP contribution is 2.48. The molecule has 1 aliphatic rings. The fourth-order valence-corrected chi connectivity index (χ4v) is 5.21. The quantitative estimate of drug-likeness (QED) is 0.182. The van der Waals surface area contributed by atoms with Gasteiger partial charge in [-0.15, -0.1) is 0 Å². The topological polar surface area (TPSA) is 120 Å². The maximum Gasteiger partial charge on any atom is 0.408 e. The SMILES string of the molecule is COc1cc(OC)c([C@@H]2CCCC[C@H]2OC(=O)[C@H](C)NC(=O)OC(C)(C)C)c(O)c1C(=O)C=Cc1cccc(Br)c1. The summed E-state index contributed by atoms with van der Waals surface area (Å²) in [5, 5.41) is 14.0. The van der Waals surface area contributed by atoms with Crippen molar-refractivity contribution in [3.63, 3.8) is 0 Å². The maximum atomic E-state index is 13.4. The van der Waals surface area contributed by atoms with E-state index in [-0.39, 0.29) is 17.1 Å². The zero-order valence-electron chi connectivity index (χ0n) is 24.3. The van der Waals surface area contributed by atoms with Gasteiger partial charge >= 0.3 is 12.1 Å². The highest BCUT2D eigenvalue weighted by Gasteiger charge is 2.37. The lowest BCUT2D eigenvalue weighted by Crippen LogP contribution is -2.44. The van der Waals surface area contributed by atoms with E-state index in [1.165, 1.54) is 27.2 Å². The first kappa shape index (κ1) is 32.0. The van der Waals surface area contributed by atoms with Crippen LogP contribution in [0.2, 0.25) is 0 Å². The third-order valence-corrected chi connectivity index (χ3v) is 7.15. The summed E-state index contributed by atoms with van der Waals surface area (Å²) >= 11 is 3.42. The van der Waals surface area contributed by atoms with Crippen molar-refractivity contribution in [2.24, 2.45) is 0 Å². The Morgan fingerprint density at radius 1 is 1.07 bits per heavy atom. The second-order valence-corrected chi connectivity index (χ2v) is 11.8. The van der Waals surface area contributed by atoms with Gasteiger partial charge < -0.3 is 29.4 Å². The van der Waals surface area contributed by atoms with E-state index in [1.807, 2.05) is 24.3 Å². The second-order valence-electron chi connectivity index (χ2n) is 10.9. The number of carbonyl (C=O) groups excluding carboxylic acids is 3. The molecule has 2 aromatic rings. The molecule has 0 spiro atoms. The van der Waals surface area contributed by atoms with Crippen molar-refractivity contribution in [3.05, 3.63) is 57.6 Å². The van der Waals surface area contributed by atoms with Crippen molar-refractivity contribution < 1.29 is 38.4 Å². The molecule has 2 N–H and O–H groups in total. The van der Waals surface area contributed by atoms with Gasteiger partial charge in [-0.3, -0.25) is 4.79 Å². The van der Waals surface area contributed by atoms with Gasteiger partial charge in [-0.2, -0.15) is 0 Å². The number of ketones is 1. The summed E-state index contributed by atoms with van der Waals surface area (Å²) in [5.41, 5.74) is 0.448. The predicted octanol–water partition coefficient (Wildman–Crippen LogP) is 6.55. The van der Waals surface area contributed by atoms with Crippen LogP contribution in [0, 0.1) is 0 Å². The van der Waals surface area contributed by atoms with Crippen molar-refractivity contribution in [1.82, 2.24) is 5.32 Å². The minimum atomic E-state index is -0.959. The molecule has 0 unspecified atom stereocenters. The van der Waals surface area contributed by atoms with E-state index in [9.17, 15) is 19.5 Å². The number of hydrogen-bond acceptors (Lipinski definition) is 8. The number of alkyl carbamates (subject to hydrolysis) is 1. The van der Waals surface area contributed by atoms with Crippen LogP contribution in [0.3, 0.4) is 0 Å². The Kier molecular flexibility index (Phi) is 10.8. The van der Waals surface area contributed by atoms with Crippen LogP contribution in [0.15, 0.2) is 40.9 Å². The third-order valence-electron chi connectivity index (χ3n) is 6.66. The molecule has 0 aliphatic heterocycles. The molecule has 9 nitrogen and oxygen atoms in total. The van der Waals surface area contributed by atoms with Crippen LogP contribution in [0.5, 0.6) is 17.2 Å². The molecule has 1 saturated carbocycles. The molecule has 41 heavy (non-hydrogen) atoms. The number of phenols is 1. The molecular formula is C31H38BrNO8. The van der Waals surface area contributed by atoms with Crippen molar-refractivity contribution >= 4 is 39.9 Å². The Hall–Kier alpha value is -3.53. The number of nitrogens with one attached hydrogen (secondary N) is 1. The number of hydrogen-bond donors (Lipinski definition) is 2. The number of methoxy groups -OCH3 is 2. The van der Waals surface area contributed by atoms with Gasteiger partial charge in [0.2, 0.25) is 0 Å². The molecule has 3 rings (SSSR count). The summed E-state index contributed by atoms with van der Waals surface area (Å²) in [7, 11) is 2.87. The molecule has 0 heterocycles. The van der Waals surface area contributed by atoms with Crippen molar-refractivity contribution in [3.8, 4) is 17.2 Å². The van der Waals surface area contributed by atoms with Gasteiger partial charge in [-0.1, -0.05) is 40.6 Å². The van der Waals surface area contributed by atoms with Crippen molar-refractivity contribution in [1.29, 1.82) is 0 Å². The first-order chi connectivity index (χ1) is 19.3. The molecule has 2 aromatic carbocycles. The summed E-state index contributed by atoms with van der Waals surface area (Å²) < 4.78 is 23.0. The smallest absolute Gasteiger partial charge is 0.408 e. The molecule has 3 atom stereocenters. The standard InChI is InChI=1S/C31H38BrNO8/c1-18(33-30(37)41-31(2,3)4)29(36)40-23-13-8-7-12-21(23)26-24(38-5)17-25(39-6)27(28(26)35)22(34)15-14-19-10-9-11-20(32)16-19/h9-11,14-18,21,23,35H,7-8,12-13H2,1-6H3,(H,33,37)/t18-,21+,23+/m0/s1. The predicted molar refractivity (Wildman–Crippen MR) is 159 cm³/mol. The number of esters is 1.